The second kappa shape index (κ2) is 15.2. The topological polar surface area (TPSA) is 185 Å². The van der Waals surface area contributed by atoms with Crippen molar-refractivity contribution in [3.63, 3.8) is 0 Å². The maximum atomic E-state index is 11.4. The van der Waals surface area contributed by atoms with Gasteiger partial charge in [-0.25, -0.2) is 15.0 Å². The van der Waals surface area contributed by atoms with Crippen molar-refractivity contribution in [3.05, 3.63) is 94.4 Å². The van der Waals surface area contributed by atoms with Crippen molar-refractivity contribution in [2.45, 2.75) is 58.9 Å². The van der Waals surface area contributed by atoms with Gasteiger partial charge in [0.15, 0.2) is 17.2 Å². The second-order valence-electron chi connectivity index (χ2n) is 14.6. The molecule has 0 amide bonds. The number of anilines is 2. The molecular formula is C42H42N8O5. The molecule has 4 N–H and O–H groups in total. The van der Waals surface area contributed by atoms with Crippen LogP contribution in [0.5, 0.6) is 0 Å². The lowest BCUT2D eigenvalue weighted by molar-refractivity contribution is -0.143. The number of pyridine rings is 1. The van der Waals surface area contributed by atoms with E-state index in [2.05, 4.69) is 43.3 Å². The summed E-state index contributed by atoms with van der Waals surface area (Å²) in [6.07, 6.45) is 3.49. The number of aromatic nitrogens is 4. The van der Waals surface area contributed by atoms with E-state index in [0.717, 1.165) is 57.6 Å². The van der Waals surface area contributed by atoms with Crippen LogP contribution in [0.25, 0.3) is 44.7 Å². The number of aliphatic carboxylic acids is 1. The third kappa shape index (κ3) is 7.37. The largest absolute Gasteiger partial charge is 0.481 e. The van der Waals surface area contributed by atoms with Crippen LogP contribution in [-0.2, 0) is 24.5 Å². The number of fused-ring (bicyclic) bond motifs is 2. The monoisotopic (exact) mass is 738 g/mol. The lowest BCUT2D eigenvalue weighted by atomic mass is 9.93. The third-order valence-electron chi connectivity index (χ3n) is 10.9. The number of aliphatic hydroxyl groups is 2. The summed E-state index contributed by atoms with van der Waals surface area (Å²) >= 11 is 0. The number of β-amino-alcohol motifs (C(OH)–C–C–N with tert-alkyl or cyclic N) is 1. The van der Waals surface area contributed by atoms with Gasteiger partial charge in [-0.1, -0.05) is 24.3 Å². The van der Waals surface area contributed by atoms with Gasteiger partial charge < -0.3 is 25.1 Å². The van der Waals surface area contributed by atoms with Gasteiger partial charge >= 0.3 is 5.97 Å². The number of hydrogen-bond donors (Lipinski definition) is 4. The molecule has 1 atom stereocenters. The molecule has 5 heterocycles. The van der Waals surface area contributed by atoms with E-state index in [4.69, 9.17) is 14.4 Å². The SMILES string of the molecule is Cc1c(Nc2nc(CO)nc3cc(CN4CCC(O)C4)cnc23)cccc1-c1cccc(-c2nc3cc(CN4CCC(C(=O)O)CC4)cc(C#N)c3o2)c1C. The van der Waals surface area contributed by atoms with Crippen molar-refractivity contribution in [2.75, 3.05) is 31.5 Å². The van der Waals surface area contributed by atoms with Gasteiger partial charge in [0.25, 0.3) is 0 Å². The summed E-state index contributed by atoms with van der Waals surface area (Å²) in [4.78, 5) is 34.6. The van der Waals surface area contributed by atoms with E-state index in [0.29, 0.717) is 85.0 Å². The highest BCUT2D eigenvalue weighted by Gasteiger charge is 2.26. The van der Waals surface area contributed by atoms with Crippen LogP contribution < -0.4 is 5.32 Å². The standard InChI is InChI=1S/C42H42N8O5/c1-24-31(5-3-7-33(24)41-47-36-16-26(15-29(18-43)39(36)55-41)20-49-12-9-28(10-13-49)42(53)54)32-6-4-8-34(25(32)2)46-40-38-35(45-37(23-51)48-40)17-27(19-44-38)21-50-14-11-30(52)22-50/h3-8,15-17,19,28,30,51-52H,9-14,20-23H2,1-2H3,(H,53,54)(H,45,46,48). The zero-order chi connectivity index (χ0) is 38.2. The van der Waals surface area contributed by atoms with Gasteiger partial charge in [-0.05, 0) is 110 Å². The van der Waals surface area contributed by atoms with E-state index < -0.39 is 5.97 Å². The highest BCUT2D eigenvalue weighted by Crippen LogP contribution is 2.38. The van der Waals surface area contributed by atoms with Crippen LogP contribution in [0, 0.1) is 31.1 Å². The average Bonchev–Trinajstić information content (AvgIpc) is 3.81. The first kappa shape index (κ1) is 36.2. The Morgan fingerprint density at radius 1 is 0.909 bits per heavy atom. The fourth-order valence-electron chi connectivity index (χ4n) is 7.89. The molecule has 0 aliphatic carbocycles. The van der Waals surface area contributed by atoms with Gasteiger partial charge in [-0.2, -0.15) is 5.26 Å². The van der Waals surface area contributed by atoms with Gasteiger partial charge in [-0.15, -0.1) is 0 Å². The molecule has 2 saturated heterocycles. The smallest absolute Gasteiger partial charge is 0.306 e. The minimum absolute atomic E-state index is 0.285. The number of rotatable bonds is 10. The number of nitriles is 1. The number of oxazole rings is 1. The molecule has 0 bridgehead atoms. The maximum absolute atomic E-state index is 11.4. The van der Waals surface area contributed by atoms with Crippen LogP contribution in [-0.4, -0.2) is 83.3 Å². The average molecular weight is 739 g/mol. The Bertz CT molecular complexity index is 2470. The Morgan fingerprint density at radius 2 is 1.62 bits per heavy atom. The summed E-state index contributed by atoms with van der Waals surface area (Å²) in [6.45, 7) is 7.84. The number of carboxylic acids is 1. The number of hydrogen-bond acceptors (Lipinski definition) is 12. The Morgan fingerprint density at radius 3 is 2.35 bits per heavy atom. The first-order valence-corrected chi connectivity index (χ1v) is 18.6. The van der Waals surface area contributed by atoms with E-state index in [-0.39, 0.29) is 24.5 Å². The molecule has 0 spiro atoms. The van der Waals surface area contributed by atoms with E-state index >= 15 is 0 Å². The number of piperidine rings is 1. The molecule has 13 nitrogen and oxygen atoms in total. The molecule has 8 rings (SSSR count). The van der Waals surface area contributed by atoms with Crippen LogP contribution in [0.2, 0.25) is 0 Å². The van der Waals surface area contributed by atoms with Gasteiger partial charge in [-0.3, -0.25) is 19.6 Å². The number of carboxylic acid groups (broad SMARTS) is 1. The van der Waals surface area contributed by atoms with E-state index in [1.165, 1.54) is 0 Å². The van der Waals surface area contributed by atoms with Crippen molar-refractivity contribution >= 4 is 39.6 Å². The Kier molecular flexibility index (Phi) is 9.98. The summed E-state index contributed by atoms with van der Waals surface area (Å²) in [5, 5.41) is 42.9. The molecule has 2 aliphatic rings. The van der Waals surface area contributed by atoms with Crippen molar-refractivity contribution in [1.82, 2.24) is 29.7 Å². The van der Waals surface area contributed by atoms with Gasteiger partial charge in [0.1, 0.15) is 23.7 Å². The van der Waals surface area contributed by atoms with E-state index in [9.17, 15) is 25.4 Å². The molecule has 3 aromatic heterocycles. The van der Waals surface area contributed by atoms with Crippen molar-refractivity contribution in [1.29, 1.82) is 5.26 Å². The van der Waals surface area contributed by atoms with Crippen LogP contribution >= 0.6 is 0 Å². The van der Waals surface area contributed by atoms with Crippen molar-refractivity contribution in [3.8, 4) is 28.7 Å². The predicted octanol–water partition coefficient (Wildman–Crippen LogP) is 6.09. The highest BCUT2D eigenvalue weighted by atomic mass is 16.4. The summed E-state index contributed by atoms with van der Waals surface area (Å²) < 4.78 is 6.30. The summed E-state index contributed by atoms with van der Waals surface area (Å²) in [5.41, 5.74) is 10.1. The van der Waals surface area contributed by atoms with Gasteiger partial charge in [0.2, 0.25) is 5.89 Å². The molecular weight excluding hydrogens is 697 g/mol. The summed E-state index contributed by atoms with van der Waals surface area (Å²) in [6, 6.07) is 20.1. The molecule has 1 unspecified atom stereocenters. The number of nitrogens with one attached hydrogen (secondary N) is 1. The molecule has 2 aliphatic heterocycles. The lowest BCUT2D eigenvalue weighted by Gasteiger charge is -2.30. The number of likely N-dealkylation sites (tertiary alicyclic amines) is 2. The van der Waals surface area contributed by atoms with E-state index in [1.807, 2.05) is 62.5 Å². The van der Waals surface area contributed by atoms with Gasteiger partial charge in [0, 0.05) is 43.6 Å². The van der Waals surface area contributed by atoms with E-state index in [1.54, 1.807) is 0 Å². The minimum Gasteiger partial charge on any atom is -0.481 e. The Hall–Kier alpha value is -5.78. The molecule has 55 heavy (non-hydrogen) atoms. The first-order chi connectivity index (χ1) is 26.7. The Labute approximate surface area is 317 Å². The van der Waals surface area contributed by atoms with Crippen molar-refractivity contribution in [2.24, 2.45) is 5.92 Å². The number of carbonyl (C=O) groups is 1. The first-order valence-electron chi connectivity index (χ1n) is 18.6. The zero-order valence-electron chi connectivity index (χ0n) is 30.8. The van der Waals surface area contributed by atoms with Crippen LogP contribution in [0.4, 0.5) is 11.5 Å². The van der Waals surface area contributed by atoms with Crippen LogP contribution in [0.1, 0.15) is 52.9 Å². The van der Waals surface area contributed by atoms with Crippen LogP contribution in [0.3, 0.4) is 0 Å². The zero-order valence-corrected chi connectivity index (χ0v) is 30.8. The Balaban J connectivity index is 1.07. The number of aliphatic hydroxyl groups excluding tert-OH is 2. The van der Waals surface area contributed by atoms with Gasteiger partial charge in [0.05, 0.1) is 23.1 Å². The van der Waals surface area contributed by atoms with Crippen LogP contribution in [0.15, 0.2) is 65.2 Å². The molecule has 280 valence electrons. The normalized spacial score (nSPS) is 16.9. The number of benzene rings is 3. The molecule has 0 saturated carbocycles. The minimum atomic E-state index is -0.738. The highest BCUT2D eigenvalue weighted by molar-refractivity contribution is 5.90. The predicted molar refractivity (Wildman–Crippen MR) is 207 cm³/mol. The summed E-state index contributed by atoms with van der Waals surface area (Å²) in [7, 11) is 0. The maximum Gasteiger partial charge on any atom is 0.306 e. The molecule has 6 aromatic rings. The lowest BCUT2D eigenvalue weighted by Crippen LogP contribution is -2.35. The fourth-order valence-corrected chi connectivity index (χ4v) is 7.89. The molecule has 2 fully saturated rings. The number of nitrogens with zero attached hydrogens (tertiary/aromatic N) is 7. The second-order valence-corrected chi connectivity index (χ2v) is 14.6. The fraction of sp³-hybridized carbons (Fsp3) is 0.333. The molecule has 13 heteroatoms. The summed E-state index contributed by atoms with van der Waals surface area (Å²) in [5.74, 6) is 0.159. The molecule has 3 aromatic carbocycles. The third-order valence-corrected chi connectivity index (χ3v) is 10.9. The molecule has 0 radical (unpaired) electrons. The van der Waals surface area contributed by atoms with Crippen molar-refractivity contribution < 1.29 is 24.5 Å². The quantitative estimate of drug-likeness (QED) is 0.127.